The van der Waals surface area contributed by atoms with Crippen molar-refractivity contribution in [3.05, 3.63) is 64.8 Å². The Morgan fingerprint density at radius 2 is 2.00 bits per heavy atom. The molecule has 16 heavy (non-hydrogen) atoms. The largest absolute Gasteiger partial charge is 0.0805 e. The minimum absolute atomic E-state index is 1.13. The highest BCUT2D eigenvalue weighted by molar-refractivity contribution is 5.63. The van der Waals surface area contributed by atoms with E-state index in [-0.39, 0.29) is 0 Å². The molecule has 0 N–H and O–H groups in total. The number of benzene rings is 1. The molecule has 0 saturated carbocycles. The lowest BCUT2D eigenvalue weighted by atomic mass is 10.0. The second kappa shape index (κ2) is 4.13. The van der Waals surface area contributed by atoms with Crippen LogP contribution in [0.1, 0.15) is 30.4 Å². The summed E-state index contributed by atoms with van der Waals surface area (Å²) in [6.07, 6.45) is 13.9. The molecular weight excluding hydrogens is 192 g/mol. The van der Waals surface area contributed by atoms with Crippen molar-refractivity contribution in [1.29, 1.82) is 0 Å². The quantitative estimate of drug-likeness (QED) is 0.695. The van der Waals surface area contributed by atoms with Crippen LogP contribution in [0.3, 0.4) is 0 Å². The molecule has 0 heteroatoms. The van der Waals surface area contributed by atoms with Gasteiger partial charge in [0.2, 0.25) is 0 Å². The SMILES string of the molecule is C1=CC(CCC2=Cc3ccccc3C2)=CC1. The Hall–Kier alpha value is -1.56. The molecule has 0 spiro atoms. The molecule has 0 radical (unpaired) electrons. The van der Waals surface area contributed by atoms with Crippen LogP contribution in [-0.4, -0.2) is 0 Å². The molecule has 0 atom stereocenters. The monoisotopic (exact) mass is 208 g/mol. The number of rotatable bonds is 3. The van der Waals surface area contributed by atoms with E-state index in [1.165, 1.54) is 29.5 Å². The molecule has 1 aromatic rings. The van der Waals surface area contributed by atoms with Gasteiger partial charge in [-0.2, -0.15) is 0 Å². The van der Waals surface area contributed by atoms with Gasteiger partial charge in [0.05, 0.1) is 0 Å². The van der Waals surface area contributed by atoms with E-state index in [2.05, 4.69) is 48.6 Å². The van der Waals surface area contributed by atoms with E-state index >= 15 is 0 Å². The molecular formula is C16H16. The Kier molecular flexibility index (Phi) is 2.49. The van der Waals surface area contributed by atoms with E-state index in [1.807, 2.05) is 0 Å². The van der Waals surface area contributed by atoms with Crippen LogP contribution in [0.5, 0.6) is 0 Å². The lowest BCUT2D eigenvalue weighted by Crippen LogP contribution is -1.86. The first-order valence-corrected chi connectivity index (χ1v) is 6.05. The Bertz CT molecular complexity index is 487. The lowest BCUT2D eigenvalue weighted by Gasteiger charge is -2.01. The molecule has 0 fully saturated rings. The summed E-state index contributed by atoms with van der Waals surface area (Å²) in [6, 6.07) is 8.73. The van der Waals surface area contributed by atoms with Crippen molar-refractivity contribution in [3.63, 3.8) is 0 Å². The van der Waals surface area contributed by atoms with Gasteiger partial charge < -0.3 is 0 Å². The van der Waals surface area contributed by atoms with Crippen LogP contribution < -0.4 is 0 Å². The van der Waals surface area contributed by atoms with E-state index in [1.54, 1.807) is 5.57 Å². The summed E-state index contributed by atoms with van der Waals surface area (Å²) >= 11 is 0. The molecule has 0 aliphatic heterocycles. The maximum absolute atomic E-state index is 2.37. The Morgan fingerprint density at radius 1 is 1.06 bits per heavy atom. The maximum Gasteiger partial charge on any atom is -0.00577 e. The third-order valence-electron chi connectivity index (χ3n) is 3.42. The molecule has 80 valence electrons. The molecule has 2 aliphatic rings. The van der Waals surface area contributed by atoms with Crippen LogP contribution in [0, 0.1) is 0 Å². The summed E-state index contributed by atoms with van der Waals surface area (Å²) in [4.78, 5) is 0. The molecule has 0 nitrogen and oxygen atoms in total. The van der Waals surface area contributed by atoms with Crippen molar-refractivity contribution in [2.24, 2.45) is 0 Å². The normalized spacial score (nSPS) is 17.2. The van der Waals surface area contributed by atoms with E-state index in [0.29, 0.717) is 0 Å². The van der Waals surface area contributed by atoms with Crippen LogP contribution in [0.2, 0.25) is 0 Å². The molecule has 0 unspecified atom stereocenters. The fraction of sp³-hybridized carbons (Fsp3) is 0.250. The van der Waals surface area contributed by atoms with Crippen LogP contribution in [0.15, 0.2) is 53.6 Å². The van der Waals surface area contributed by atoms with Crippen molar-refractivity contribution in [1.82, 2.24) is 0 Å². The summed E-state index contributed by atoms with van der Waals surface area (Å²) in [5, 5.41) is 0. The van der Waals surface area contributed by atoms with Gasteiger partial charge in [-0.1, -0.05) is 59.7 Å². The lowest BCUT2D eigenvalue weighted by molar-refractivity contribution is 0.922. The zero-order chi connectivity index (χ0) is 10.8. The third-order valence-corrected chi connectivity index (χ3v) is 3.42. The Balaban J connectivity index is 1.65. The standard InChI is InChI=1S/C16H16/c1-2-6-13(5-1)9-10-14-11-15-7-3-4-8-16(15)12-14/h1,3-8,11H,2,9-10,12H2. The highest BCUT2D eigenvalue weighted by Gasteiger charge is 2.11. The van der Waals surface area contributed by atoms with Gasteiger partial charge in [0.15, 0.2) is 0 Å². The van der Waals surface area contributed by atoms with Crippen molar-refractivity contribution in [2.45, 2.75) is 25.7 Å². The maximum atomic E-state index is 2.37. The molecule has 2 aliphatic carbocycles. The molecule has 1 aromatic carbocycles. The average molecular weight is 208 g/mol. The van der Waals surface area contributed by atoms with Crippen LogP contribution in [0.25, 0.3) is 6.08 Å². The molecule has 0 aromatic heterocycles. The van der Waals surface area contributed by atoms with Crippen molar-refractivity contribution in [3.8, 4) is 0 Å². The molecule has 3 rings (SSSR count). The van der Waals surface area contributed by atoms with Crippen molar-refractivity contribution in [2.75, 3.05) is 0 Å². The summed E-state index contributed by atoms with van der Waals surface area (Å²) in [5.74, 6) is 0. The van der Waals surface area contributed by atoms with Gasteiger partial charge >= 0.3 is 0 Å². The van der Waals surface area contributed by atoms with Crippen molar-refractivity contribution >= 4 is 6.08 Å². The summed E-state index contributed by atoms with van der Waals surface area (Å²) in [6.45, 7) is 0. The van der Waals surface area contributed by atoms with Gasteiger partial charge in [0.25, 0.3) is 0 Å². The van der Waals surface area contributed by atoms with Gasteiger partial charge in [-0.3, -0.25) is 0 Å². The first kappa shape index (κ1) is 9.65. The van der Waals surface area contributed by atoms with Crippen LogP contribution in [-0.2, 0) is 6.42 Å². The van der Waals surface area contributed by atoms with Gasteiger partial charge in [-0.15, -0.1) is 0 Å². The number of allylic oxidation sites excluding steroid dienone is 5. The van der Waals surface area contributed by atoms with E-state index in [0.717, 1.165) is 12.8 Å². The first-order valence-electron chi connectivity index (χ1n) is 6.05. The van der Waals surface area contributed by atoms with Crippen LogP contribution in [0.4, 0.5) is 0 Å². The highest BCUT2D eigenvalue weighted by Crippen LogP contribution is 2.29. The van der Waals surface area contributed by atoms with E-state index in [4.69, 9.17) is 0 Å². The topological polar surface area (TPSA) is 0 Å². The molecule has 0 heterocycles. The third kappa shape index (κ3) is 1.88. The van der Waals surface area contributed by atoms with E-state index in [9.17, 15) is 0 Å². The highest BCUT2D eigenvalue weighted by atomic mass is 14.2. The van der Waals surface area contributed by atoms with Gasteiger partial charge in [0, 0.05) is 0 Å². The zero-order valence-electron chi connectivity index (χ0n) is 9.45. The number of hydrogen-bond donors (Lipinski definition) is 0. The predicted molar refractivity (Wildman–Crippen MR) is 69.2 cm³/mol. The Labute approximate surface area is 97.0 Å². The molecule has 0 saturated heterocycles. The minimum Gasteiger partial charge on any atom is -0.0805 e. The fourth-order valence-corrected chi connectivity index (χ4v) is 2.51. The number of hydrogen-bond acceptors (Lipinski definition) is 0. The molecule has 0 amide bonds. The summed E-state index contributed by atoms with van der Waals surface area (Å²) < 4.78 is 0. The predicted octanol–water partition coefficient (Wildman–Crippen LogP) is 4.29. The average Bonchev–Trinajstić information content (AvgIpc) is 2.95. The summed E-state index contributed by atoms with van der Waals surface area (Å²) in [5.41, 5.74) is 6.01. The van der Waals surface area contributed by atoms with Gasteiger partial charge in [0.1, 0.15) is 0 Å². The van der Waals surface area contributed by atoms with Gasteiger partial charge in [-0.25, -0.2) is 0 Å². The van der Waals surface area contributed by atoms with Crippen LogP contribution >= 0.6 is 0 Å². The first-order chi connectivity index (χ1) is 7.92. The van der Waals surface area contributed by atoms with E-state index < -0.39 is 0 Å². The number of fused-ring (bicyclic) bond motifs is 1. The smallest absolute Gasteiger partial charge is 0.00577 e. The Morgan fingerprint density at radius 3 is 2.81 bits per heavy atom. The summed E-state index contributed by atoms with van der Waals surface area (Å²) in [7, 11) is 0. The van der Waals surface area contributed by atoms with Crippen molar-refractivity contribution < 1.29 is 0 Å². The second-order valence-corrected chi connectivity index (χ2v) is 4.60. The second-order valence-electron chi connectivity index (χ2n) is 4.60. The zero-order valence-corrected chi connectivity index (χ0v) is 9.45. The molecule has 0 bridgehead atoms. The minimum atomic E-state index is 1.13. The van der Waals surface area contributed by atoms with Gasteiger partial charge in [-0.05, 0) is 36.8 Å². The fourth-order valence-electron chi connectivity index (χ4n) is 2.51.